The van der Waals surface area contributed by atoms with Gasteiger partial charge in [0.2, 0.25) is 0 Å². The van der Waals surface area contributed by atoms with Gasteiger partial charge in [-0.2, -0.15) is 0 Å². The molecule has 0 amide bonds. The highest BCUT2D eigenvalue weighted by molar-refractivity contribution is 4.94. The molecule has 0 aromatic carbocycles. The van der Waals surface area contributed by atoms with Crippen LogP contribution in [0.2, 0.25) is 0 Å². The Bertz CT molecular complexity index is 141. The first-order chi connectivity index (χ1) is 5.83. The van der Waals surface area contributed by atoms with Crippen LogP contribution in [0.15, 0.2) is 12.2 Å². The molecular weight excluding hydrogens is 152 g/mol. The van der Waals surface area contributed by atoms with Gasteiger partial charge in [-0.1, -0.05) is 19.1 Å². The molecule has 0 aliphatic carbocycles. The maximum absolute atomic E-state index is 5.23. The van der Waals surface area contributed by atoms with Crippen molar-refractivity contribution in [3.05, 3.63) is 12.2 Å². The van der Waals surface area contributed by atoms with Crippen LogP contribution in [0.4, 0.5) is 0 Å². The van der Waals surface area contributed by atoms with Gasteiger partial charge in [0.15, 0.2) is 0 Å². The molecule has 0 aromatic heterocycles. The fourth-order valence-corrected chi connectivity index (χ4v) is 1.07. The molecule has 0 unspecified atom stereocenters. The predicted octanol–water partition coefficient (Wildman–Crippen LogP) is 0.789. The topological polar surface area (TPSA) is 24.5 Å². The fraction of sp³-hybridized carbons (Fsp3) is 0.778. The van der Waals surface area contributed by atoms with Crippen LogP contribution in [0.3, 0.4) is 0 Å². The Labute approximate surface area is 74.4 Å². The number of morpholine rings is 1. The zero-order valence-electron chi connectivity index (χ0n) is 7.81. The highest BCUT2D eigenvalue weighted by atomic mass is 16.5. The van der Waals surface area contributed by atoms with Crippen molar-refractivity contribution in [2.24, 2.45) is 0 Å². The van der Waals surface area contributed by atoms with Gasteiger partial charge in [0, 0.05) is 19.6 Å². The van der Waals surface area contributed by atoms with Crippen molar-refractivity contribution in [2.75, 3.05) is 32.8 Å². The Morgan fingerprint density at radius 2 is 2.17 bits per heavy atom. The van der Waals surface area contributed by atoms with Crippen molar-refractivity contribution in [1.29, 1.82) is 0 Å². The predicted molar refractivity (Wildman–Crippen MR) is 49.8 cm³/mol. The van der Waals surface area contributed by atoms with E-state index >= 15 is 0 Å². The summed E-state index contributed by atoms with van der Waals surface area (Å²) in [5, 5.41) is 2.20. The second kappa shape index (κ2) is 5.30. The molecule has 1 fully saturated rings. The first-order valence-electron chi connectivity index (χ1n) is 4.55. The van der Waals surface area contributed by atoms with Crippen molar-refractivity contribution in [3.8, 4) is 0 Å². The van der Waals surface area contributed by atoms with Crippen LogP contribution in [0.5, 0.6) is 0 Å². The number of hydrogen-bond acceptors (Lipinski definition) is 3. The summed E-state index contributed by atoms with van der Waals surface area (Å²) in [4.78, 5) is 0. The summed E-state index contributed by atoms with van der Waals surface area (Å²) in [5.41, 5.74) is 4.58. The lowest BCUT2D eigenvalue weighted by atomic mass is 10.2. The second-order valence-electron chi connectivity index (χ2n) is 3.04. The van der Waals surface area contributed by atoms with E-state index in [0.717, 1.165) is 39.3 Å². The molecule has 1 saturated heterocycles. The van der Waals surface area contributed by atoms with E-state index in [1.165, 1.54) is 5.57 Å². The van der Waals surface area contributed by atoms with Gasteiger partial charge >= 0.3 is 0 Å². The standard InChI is InChI=1S/C9H18N2O/c1-3-9(2)8-10-11-4-6-12-7-5-11/h10H,2-8H2,1H3. The molecule has 0 aromatic rings. The Morgan fingerprint density at radius 1 is 1.50 bits per heavy atom. The van der Waals surface area contributed by atoms with E-state index in [1.54, 1.807) is 0 Å². The maximum atomic E-state index is 5.23. The van der Waals surface area contributed by atoms with E-state index in [0.29, 0.717) is 0 Å². The molecule has 12 heavy (non-hydrogen) atoms. The van der Waals surface area contributed by atoms with Gasteiger partial charge in [0.25, 0.3) is 0 Å². The summed E-state index contributed by atoms with van der Waals surface area (Å²) in [6, 6.07) is 0. The Hall–Kier alpha value is -0.380. The average Bonchev–Trinajstić information content (AvgIpc) is 2.16. The molecule has 1 rings (SSSR count). The fourth-order valence-electron chi connectivity index (χ4n) is 1.07. The normalized spacial score (nSPS) is 19.4. The van der Waals surface area contributed by atoms with Gasteiger partial charge in [0.1, 0.15) is 0 Å². The van der Waals surface area contributed by atoms with Crippen molar-refractivity contribution < 1.29 is 4.74 Å². The summed E-state index contributed by atoms with van der Waals surface area (Å²) in [6.07, 6.45) is 1.05. The van der Waals surface area contributed by atoms with E-state index < -0.39 is 0 Å². The molecule has 0 bridgehead atoms. The highest BCUT2D eigenvalue weighted by Crippen LogP contribution is 1.96. The number of hydrazine groups is 1. The first kappa shape index (κ1) is 9.71. The van der Waals surface area contributed by atoms with Crippen LogP contribution in [0.25, 0.3) is 0 Å². The molecule has 1 aliphatic rings. The van der Waals surface area contributed by atoms with E-state index in [1.807, 2.05) is 0 Å². The SMILES string of the molecule is C=C(CC)CNN1CCOCC1. The lowest BCUT2D eigenvalue weighted by Crippen LogP contribution is -2.46. The molecule has 1 N–H and O–H groups in total. The smallest absolute Gasteiger partial charge is 0.0608 e. The van der Waals surface area contributed by atoms with Crippen LogP contribution in [-0.4, -0.2) is 37.9 Å². The Morgan fingerprint density at radius 3 is 2.75 bits per heavy atom. The van der Waals surface area contributed by atoms with Crippen molar-refractivity contribution in [1.82, 2.24) is 10.4 Å². The minimum atomic E-state index is 0.839. The van der Waals surface area contributed by atoms with Gasteiger partial charge in [-0.15, -0.1) is 0 Å². The zero-order chi connectivity index (χ0) is 8.81. The molecule has 0 radical (unpaired) electrons. The van der Waals surface area contributed by atoms with E-state index in [4.69, 9.17) is 4.74 Å². The molecule has 70 valence electrons. The minimum absolute atomic E-state index is 0.839. The molecule has 1 aliphatic heterocycles. The summed E-state index contributed by atoms with van der Waals surface area (Å²) in [6.45, 7) is 10.6. The number of hydrogen-bond donors (Lipinski definition) is 1. The van der Waals surface area contributed by atoms with Crippen molar-refractivity contribution >= 4 is 0 Å². The monoisotopic (exact) mass is 170 g/mol. The lowest BCUT2D eigenvalue weighted by molar-refractivity contribution is 0.0138. The quantitative estimate of drug-likeness (QED) is 0.631. The average molecular weight is 170 g/mol. The second-order valence-corrected chi connectivity index (χ2v) is 3.04. The van der Waals surface area contributed by atoms with Gasteiger partial charge in [0.05, 0.1) is 13.2 Å². The minimum Gasteiger partial charge on any atom is -0.379 e. The van der Waals surface area contributed by atoms with Gasteiger partial charge in [-0.25, -0.2) is 5.01 Å². The molecule has 0 saturated carbocycles. The van der Waals surface area contributed by atoms with Gasteiger partial charge < -0.3 is 4.74 Å². The maximum Gasteiger partial charge on any atom is 0.0608 e. The van der Waals surface area contributed by atoms with E-state index in [9.17, 15) is 0 Å². The summed E-state index contributed by atoms with van der Waals surface area (Å²) >= 11 is 0. The largest absolute Gasteiger partial charge is 0.379 e. The third-order valence-corrected chi connectivity index (χ3v) is 2.06. The van der Waals surface area contributed by atoms with Crippen LogP contribution < -0.4 is 5.43 Å². The third-order valence-electron chi connectivity index (χ3n) is 2.06. The van der Waals surface area contributed by atoms with Crippen LogP contribution in [0, 0.1) is 0 Å². The summed E-state index contributed by atoms with van der Waals surface area (Å²) in [7, 11) is 0. The third kappa shape index (κ3) is 3.34. The summed E-state index contributed by atoms with van der Waals surface area (Å²) < 4.78 is 5.23. The molecule has 0 spiro atoms. The summed E-state index contributed by atoms with van der Waals surface area (Å²) in [5.74, 6) is 0. The number of nitrogens with one attached hydrogen (secondary N) is 1. The van der Waals surface area contributed by atoms with Crippen molar-refractivity contribution in [3.63, 3.8) is 0 Å². The molecule has 1 heterocycles. The van der Waals surface area contributed by atoms with Crippen LogP contribution >= 0.6 is 0 Å². The van der Waals surface area contributed by atoms with Crippen LogP contribution in [-0.2, 0) is 4.74 Å². The first-order valence-corrected chi connectivity index (χ1v) is 4.55. The highest BCUT2D eigenvalue weighted by Gasteiger charge is 2.08. The Balaban J connectivity index is 2.09. The lowest BCUT2D eigenvalue weighted by Gasteiger charge is -2.27. The zero-order valence-corrected chi connectivity index (χ0v) is 7.81. The van der Waals surface area contributed by atoms with Crippen LogP contribution in [0.1, 0.15) is 13.3 Å². The Kier molecular flexibility index (Phi) is 4.29. The van der Waals surface area contributed by atoms with Gasteiger partial charge in [-0.05, 0) is 6.42 Å². The number of ether oxygens (including phenoxy) is 1. The molecule has 0 atom stereocenters. The van der Waals surface area contributed by atoms with Gasteiger partial charge in [-0.3, -0.25) is 5.43 Å². The van der Waals surface area contributed by atoms with E-state index in [-0.39, 0.29) is 0 Å². The molecule has 3 nitrogen and oxygen atoms in total. The number of nitrogens with zero attached hydrogens (tertiary/aromatic N) is 1. The molecular formula is C9H18N2O. The molecule has 3 heteroatoms. The number of rotatable bonds is 4. The van der Waals surface area contributed by atoms with Crippen molar-refractivity contribution in [2.45, 2.75) is 13.3 Å². The van der Waals surface area contributed by atoms with E-state index in [2.05, 4.69) is 23.9 Å².